The van der Waals surface area contributed by atoms with Crippen LogP contribution >= 0.6 is 0 Å². The second-order valence-electron chi connectivity index (χ2n) is 13.9. The predicted octanol–water partition coefficient (Wildman–Crippen LogP) is 11.8. The van der Waals surface area contributed by atoms with E-state index < -0.39 is 6.10 Å². The lowest BCUT2D eigenvalue weighted by molar-refractivity contribution is -0.152. The minimum Gasteiger partial charge on any atom is -0.463 e. The summed E-state index contributed by atoms with van der Waals surface area (Å²) in [6, 6.07) is 0. The summed E-state index contributed by atoms with van der Waals surface area (Å²) in [5, 5.41) is 10.00. The first-order chi connectivity index (χ1) is 21.5. The van der Waals surface area contributed by atoms with Crippen LogP contribution in [0.1, 0.15) is 213 Å². The van der Waals surface area contributed by atoms with E-state index in [-0.39, 0.29) is 25.2 Å². The van der Waals surface area contributed by atoms with Gasteiger partial charge in [0.1, 0.15) is 19.3 Å². The molecule has 1 N–H and O–H groups in total. The van der Waals surface area contributed by atoms with E-state index in [2.05, 4.69) is 20.8 Å². The van der Waals surface area contributed by atoms with Gasteiger partial charge in [-0.05, 0) is 18.8 Å². The van der Waals surface area contributed by atoms with Crippen LogP contribution in [-0.2, 0) is 19.1 Å². The van der Waals surface area contributed by atoms with Gasteiger partial charge < -0.3 is 14.6 Å². The second kappa shape index (κ2) is 34.8. The van der Waals surface area contributed by atoms with Gasteiger partial charge in [-0.25, -0.2) is 0 Å². The fourth-order valence-electron chi connectivity index (χ4n) is 5.80. The third kappa shape index (κ3) is 35.4. The van der Waals surface area contributed by atoms with E-state index in [1.807, 2.05) is 0 Å². The van der Waals surface area contributed by atoms with E-state index in [0.717, 1.165) is 31.6 Å². The van der Waals surface area contributed by atoms with Gasteiger partial charge in [0.05, 0.1) is 0 Å². The van der Waals surface area contributed by atoms with Crippen LogP contribution in [0.5, 0.6) is 0 Å². The molecule has 5 nitrogen and oxygen atoms in total. The summed E-state index contributed by atoms with van der Waals surface area (Å²) in [7, 11) is 0. The first kappa shape index (κ1) is 42.9. The number of hydrogen-bond donors (Lipinski definition) is 1. The number of unbranched alkanes of at least 4 members (excludes halogenated alkanes) is 25. The molecular weight excluding hydrogens is 548 g/mol. The summed E-state index contributed by atoms with van der Waals surface area (Å²) < 4.78 is 10.3. The van der Waals surface area contributed by atoms with E-state index in [0.29, 0.717) is 12.8 Å². The molecule has 0 saturated heterocycles. The van der Waals surface area contributed by atoms with Gasteiger partial charge in [0.2, 0.25) is 0 Å². The summed E-state index contributed by atoms with van der Waals surface area (Å²) in [4.78, 5) is 23.9. The fraction of sp³-hybridized carbons (Fsp3) is 0.949. The van der Waals surface area contributed by atoms with Crippen LogP contribution in [0, 0.1) is 5.92 Å². The molecule has 0 saturated carbocycles. The molecule has 0 heterocycles. The smallest absolute Gasteiger partial charge is 0.305 e. The molecule has 0 radical (unpaired) electrons. The number of aliphatic hydroxyl groups is 1. The van der Waals surface area contributed by atoms with Crippen LogP contribution in [0.15, 0.2) is 0 Å². The first-order valence-corrected chi connectivity index (χ1v) is 19.4. The van der Waals surface area contributed by atoms with Crippen molar-refractivity contribution in [2.24, 2.45) is 5.92 Å². The van der Waals surface area contributed by atoms with Crippen molar-refractivity contribution in [1.82, 2.24) is 0 Å². The Morgan fingerprint density at radius 2 is 0.727 bits per heavy atom. The minimum absolute atomic E-state index is 0.108. The van der Waals surface area contributed by atoms with Crippen LogP contribution in [-0.4, -0.2) is 36.4 Å². The van der Waals surface area contributed by atoms with E-state index in [1.165, 1.54) is 154 Å². The fourth-order valence-corrected chi connectivity index (χ4v) is 5.80. The van der Waals surface area contributed by atoms with Crippen molar-refractivity contribution in [1.29, 1.82) is 0 Å². The summed E-state index contributed by atoms with van der Waals surface area (Å²) in [5.74, 6) is 0.276. The average molecular weight is 625 g/mol. The Bertz CT molecular complexity index is 605. The first-order valence-electron chi connectivity index (χ1n) is 19.4. The van der Waals surface area contributed by atoms with Crippen molar-refractivity contribution in [2.45, 2.75) is 219 Å². The third-order valence-electron chi connectivity index (χ3n) is 8.77. The summed E-state index contributed by atoms with van der Waals surface area (Å²) in [5.41, 5.74) is 0. The molecule has 0 aliphatic rings. The number of carbonyl (C=O) groups is 2. The van der Waals surface area contributed by atoms with E-state index in [9.17, 15) is 14.7 Å². The highest BCUT2D eigenvalue weighted by Gasteiger charge is 2.12. The molecule has 0 rings (SSSR count). The standard InChI is InChI=1S/C39H76O5/c1-4-5-6-7-8-9-10-11-12-13-14-15-16-20-23-26-29-32-38(41)43-34-37(40)35-44-39(42)33-30-27-24-21-18-17-19-22-25-28-31-36(2)3/h36-37,40H,4-35H2,1-3H3/t37-/m1/s1. The van der Waals surface area contributed by atoms with Gasteiger partial charge >= 0.3 is 11.9 Å². The highest BCUT2D eigenvalue weighted by molar-refractivity contribution is 5.69. The molecule has 0 unspecified atom stereocenters. The molecule has 0 aliphatic carbocycles. The SMILES string of the molecule is CCCCCCCCCCCCCCCCCCCC(=O)OC[C@@H](O)COC(=O)CCCCCCCCCCCCC(C)C. The molecule has 0 amide bonds. The lowest BCUT2D eigenvalue weighted by atomic mass is 10.0. The number of carbonyl (C=O) groups excluding carboxylic acids is 2. The van der Waals surface area contributed by atoms with Crippen molar-refractivity contribution >= 4 is 11.9 Å². The quantitative estimate of drug-likeness (QED) is 0.0561. The molecular formula is C39H76O5. The Hall–Kier alpha value is -1.10. The van der Waals surface area contributed by atoms with E-state index >= 15 is 0 Å². The Labute approximate surface area is 274 Å². The van der Waals surface area contributed by atoms with Crippen molar-refractivity contribution in [3.63, 3.8) is 0 Å². The highest BCUT2D eigenvalue weighted by atomic mass is 16.6. The maximum Gasteiger partial charge on any atom is 0.305 e. The van der Waals surface area contributed by atoms with Gasteiger partial charge in [0, 0.05) is 12.8 Å². The Kier molecular flexibility index (Phi) is 33.9. The van der Waals surface area contributed by atoms with Crippen molar-refractivity contribution in [3.05, 3.63) is 0 Å². The van der Waals surface area contributed by atoms with Gasteiger partial charge in [-0.2, -0.15) is 0 Å². The van der Waals surface area contributed by atoms with Gasteiger partial charge in [0.15, 0.2) is 0 Å². The average Bonchev–Trinajstić information content (AvgIpc) is 3.00. The highest BCUT2D eigenvalue weighted by Crippen LogP contribution is 2.16. The maximum atomic E-state index is 12.0. The zero-order valence-corrected chi connectivity index (χ0v) is 29.9. The van der Waals surface area contributed by atoms with Crippen LogP contribution in [0.3, 0.4) is 0 Å². The number of hydrogen-bond acceptors (Lipinski definition) is 5. The van der Waals surface area contributed by atoms with Gasteiger partial charge in [-0.3, -0.25) is 9.59 Å². The molecule has 0 aromatic carbocycles. The van der Waals surface area contributed by atoms with Crippen molar-refractivity contribution in [3.8, 4) is 0 Å². The van der Waals surface area contributed by atoms with Crippen molar-refractivity contribution in [2.75, 3.05) is 13.2 Å². The second-order valence-corrected chi connectivity index (χ2v) is 13.9. The van der Waals surface area contributed by atoms with Gasteiger partial charge in [-0.15, -0.1) is 0 Å². The van der Waals surface area contributed by atoms with Gasteiger partial charge in [0.25, 0.3) is 0 Å². The molecule has 262 valence electrons. The largest absolute Gasteiger partial charge is 0.463 e. The molecule has 5 heteroatoms. The van der Waals surface area contributed by atoms with Crippen LogP contribution < -0.4 is 0 Å². The monoisotopic (exact) mass is 625 g/mol. The Morgan fingerprint density at radius 3 is 1.02 bits per heavy atom. The zero-order valence-electron chi connectivity index (χ0n) is 29.9. The third-order valence-corrected chi connectivity index (χ3v) is 8.77. The lowest BCUT2D eigenvalue weighted by Crippen LogP contribution is -2.25. The zero-order chi connectivity index (χ0) is 32.4. The van der Waals surface area contributed by atoms with Crippen LogP contribution in [0.2, 0.25) is 0 Å². The molecule has 0 bridgehead atoms. The predicted molar refractivity (Wildman–Crippen MR) is 187 cm³/mol. The Balaban J connectivity index is 3.38. The number of aliphatic hydroxyl groups excluding tert-OH is 1. The maximum absolute atomic E-state index is 12.0. The Morgan fingerprint density at radius 1 is 0.455 bits per heavy atom. The van der Waals surface area contributed by atoms with E-state index in [4.69, 9.17) is 9.47 Å². The normalized spacial score (nSPS) is 12.1. The van der Waals surface area contributed by atoms with E-state index in [1.54, 1.807) is 0 Å². The lowest BCUT2D eigenvalue weighted by Gasteiger charge is -2.12. The molecule has 44 heavy (non-hydrogen) atoms. The van der Waals surface area contributed by atoms with Crippen molar-refractivity contribution < 1.29 is 24.2 Å². The molecule has 1 atom stereocenters. The minimum atomic E-state index is -0.955. The molecule has 0 aromatic heterocycles. The number of esters is 2. The molecule has 0 fully saturated rings. The molecule has 0 aliphatic heterocycles. The number of ether oxygens (including phenoxy) is 2. The number of rotatable bonds is 35. The summed E-state index contributed by atoms with van der Waals surface area (Å²) in [6.45, 7) is 6.65. The topological polar surface area (TPSA) is 72.8 Å². The molecule has 0 aromatic rings. The molecule has 0 spiro atoms. The summed E-state index contributed by atoms with van der Waals surface area (Å²) in [6.07, 6.45) is 35.9. The van der Waals surface area contributed by atoms with Gasteiger partial charge in [-0.1, -0.05) is 188 Å². The summed E-state index contributed by atoms with van der Waals surface area (Å²) >= 11 is 0. The van der Waals surface area contributed by atoms with Crippen LogP contribution in [0.25, 0.3) is 0 Å². The van der Waals surface area contributed by atoms with Crippen LogP contribution in [0.4, 0.5) is 0 Å².